The number of aliphatic imine (C=N–C) groups is 1. The quantitative estimate of drug-likeness (QED) is 0.312. The summed E-state index contributed by atoms with van der Waals surface area (Å²) in [7, 11) is 1.95. The van der Waals surface area contributed by atoms with E-state index in [0.29, 0.717) is 31.6 Å². The Labute approximate surface area is 180 Å². The van der Waals surface area contributed by atoms with E-state index < -0.39 is 6.10 Å². The molecule has 2 atom stereocenters. The van der Waals surface area contributed by atoms with E-state index in [0.717, 1.165) is 38.4 Å². The predicted molar refractivity (Wildman–Crippen MR) is 120 cm³/mol. The summed E-state index contributed by atoms with van der Waals surface area (Å²) in [6.45, 7) is 10.4. The first kappa shape index (κ1) is 24.2. The summed E-state index contributed by atoms with van der Waals surface area (Å²) in [5.41, 5.74) is 1.29. The Morgan fingerprint density at radius 1 is 1.44 bits per heavy atom. The second-order valence-electron chi connectivity index (χ2n) is 7.61. The van der Waals surface area contributed by atoms with Gasteiger partial charge >= 0.3 is 0 Å². The fourth-order valence-electron chi connectivity index (χ4n) is 3.21. The van der Waals surface area contributed by atoms with E-state index >= 15 is 0 Å². The highest BCUT2D eigenvalue weighted by atomic mass is 127. The van der Waals surface area contributed by atoms with Crippen LogP contribution >= 0.6 is 24.0 Å². The van der Waals surface area contributed by atoms with Crippen LogP contribution < -0.4 is 5.32 Å². The van der Waals surface area contributed by atoms with Gasteiger partial charge in [-0.05, 0) is 37.2 Å². The molecule has 0 bridgehead atoms. The molecule has 7 nitrogen and oxygen atoms in total. The molecule has 2 unspecified atom stereocenters. The van der Waals surface area contributed by atoms with E-state index in [2.05, 4.69) is 47.3 Å². The molecule has 0 aromatic carbocycles. The number of hydrogen-bond acceptors (Lipinski definition) is 4. The number of likely N-dealkylation sites (tertiary alicyclic amines) is 1. The molecule has 2 heterocycles. The number of aryl methyl sites for hydroxylation is 1. The summed E-state index contributed by atoms with van der Waals surface area (Å²) in [6.07, 6.45) is 5.69. The highest BCUT2D eigenvalue weighted by molar-refractivity contribution is 14.0. The summed E-state index contributed by atoms with van der Waals surface area (Å²) in [6, 6.07) is 0. The van der Waals surface area contributed by atoms with E-state index in [1.807, 2.05) is 17.9 Å². The van der Waals surface area contributed by atoms with Gasteiger partial charge in [0.1, 0.15) is 0 Å². The summed E-state index contributed by atoms with van der Waals surface area (Å²) in [4.78, 5) is 6.92. The van der Waals surface area contributed by atoms with Gasteiger partial charge in [-0.3, -0.25) is 9.67 Å². The molecule has 0 saturated carbocycles. The van der Waals surface area contributed by atoms with E-state index in [-0.39, 0.29) is 24.0 Å². The molecule has 0 aliphatic carbocycles. The lowest BCUT2D eigenvalue weighted by molar-refractivity contribution is 0.0300. The first-order chi connectivity index (χ1) is 12.5. The standard InChI is InChI=1S/C19H35N5O2.HI/c1-5-20-19(21-10-18(25)14-26-13-15(2)3)24-7-6-16(12-24)8-17-9-22-23(4)11-17;/h9,11,15-16,18,25H,5-8,10,12-14H2,1-4H3,(H,20,21);1H. The lowest BCUT2D eigenvalue weighted by Gasteiger charge is -2.22. The summed E-state index contributed by atoms with van der Waals surface area (Å²) >= 11 is 0. The van der Waals surface area contributed by atoms with Crippen LogP contribution in [-0.4, -0.2) is 71.2 Å². The molecule has 1 aromatic heterocycles. The van der Waals surface area contributed by atoms with E-state index in [1.54, 1.807) is 0 Å². The van der Waals surface area contributed by atoms with Crippen molar-refractivity contribution in [3.05, 3.63) is 18.0 Å². The highest BCUT2D eigenvalue weighted by Gasteiger charge is 2.25. The topological polar surface area (TPSA) is 74.9 Å². The summed E-state index contributed by atoms with van der Waals surface area (Å²) in [5, 5.41) is 17.7. The van der Waals surface area contributed by atoms with Crippen LogP contribution in [0.1, 0.15) is 32.8 Å². The number of rotatable bonds is 9. The molecule has 1 aliphatic rings. The number of aliphatic hydroxyl groups excluding tert-OH is 1. The molecule has 1 aromatic rings. The summed E-state index contributed by atoms with van der Waals surface area (Å²) in [5.74, 6) is 1.98. The third kappa shape index (κ3) is 8.78. The minimum Gasteiger partial charge on any atom is -0.389 e. The Morgan fingerprint density at radius 2 is 2.22 bits per heavy atom. The van der Waals surface area contributed by atoms with Crippen molar-refractivity contribution in [1.29, 1.82) is 0 Å². The second-order valence-corrected chi connectivity index (χ2v) is 7.61. The largest absolute Gasteiger partial charge is 0.389 e. The Hall–Kier alpha value is -0.870. The maximum atomic E-state index is 10.1. The minimum atomic E-state index is -0.559. The fraction of sp³-hybridized carbons (Fsp3) is 0.789. The zero-order valence-corrected chi connectivity index (χ0v) is 19.4. The van der Waals surface area contributed by atoms with Gasteiger partial charge in [-0.2, -0.15) is 5.10 Å². The van der Waals surface area contributed by atoms with Gasteiger partial charge in [0.05, 0.1) is 25.5 Å². The van der Waals surface area contributed by atoms with Gasteiger partial charge in [0, 0.05) is 39.5 Å². The van der Waals surface area contributed by atoms with Crippen molar-refractivity contribution < 1.29 is 9.84 Å². The van der Waals surface area contributed by atoms with Crippen LogP contribution in [0.15, 0.2) is 17.4 Å². The average Bonchev–Trinajstić information content (AvgIpc) is 3.20. The molecule has 2 rings (SSSR count). The van der Waals surface area contributed by atoms with E-state index in [9.17, 15) is 5.11 Å². The number of ether oxygens (including phenoxy) is 1. The Morgan fingerprint density at radius 3 is 2.85 bits per heavy atom. The van der Waals surface area contributed by atoms with Crippen molar-refractivity contribution >= 4 is 29.9 Å². The van der Waals surface area contributed by atoms with Crippen LogP contribution in [0.2, 0.25) is 0 Å². The molecule has 8 heteroatoms. The number of hydrogen-bond donors (Lipinski definition) is 2. The van der Waals surface area contributed by atoms with Crippen LogP contribution in [0.25, 0.3) is 0 Å². The number of nitrogens with zero attached hydrogens (tertiary/aromatic N) is 4. The van der Waals surface area contributed by atoms with Gasteiger partial charge in [0.15, 0.2) is 5.96 Å². The molecule has 1 aliphatic heterocycles. The number of halogens is 1. The van der Waals surface area contributed by atoms with Crippen molar-refractivity contribution in [1.82, 2.24) is 20.0 Å². The molecule has 1 saturated heterocycles. The van der Waals surface area contributed by atoms with Crippen molar-refractivity contribution in [3.8, 4) is 0 Å². The maximum Gasteiger partial charge on any atom is 0.194 e. The van der Waals surface area contributed by atoms with Gasteiger partial charge in [-0.15, -0.1) is 24.0 Å². The molecule has 27 heavy (non-hydrogen) atoms. The molecule has 0 spiro atoms. The molecule has 0 radical (unpaired) electrons. The SMILES string of the molecule is CCNC(=NCC(O)COCC(C)C)N1CCC(Cc2cnn(C)c2)C1.I. The Balaban J connectivity index is 0.00000364. The zero-order chi connectivity index (χ0) is 18.9. The predicted octanol–water partition coefficient (Wildman–Crippen LogP) is 1.90. The van der Waals surface area contributed by atoms with Crippen LogP contribution in [0, 0.1) is 11.8 Å². The monoisotopic (exact) mass is 493 g/mol. The van der Waals surface area contributed by atoms with E-state index in [1.165, 1.54) is 5.56 Å². The molecule has 2 N–H and O–H groups in total. The lowest BCUT2D eigenvalue weighted by atomic mass is 10.0. The number of aromatic nitrogens is 2. The smallest absolute Gasteiger partial charge is 0.194 e. The number of aliphatic hydroxyl groups is 1. The third-order valence-electron chi connectivity index (χ3n) is 4.42. The first-order valence-electron chi connectivity index (χ1n) is 9.74. The fourth-order valence-corrected chi connectivity index (χ4v) is 3.21. The van der Waals surface area contributed by atoms with Gasteiger partial charge in [-0.1, -0.05) is 13.8 Å². The van der Waals surface area contributed by atoms with Gasteiger partial charge in [0.25, 0.3) is 0 Å². The normalized spacial score (nSPS) is 18.7. The number of guanidine groups is 1. The maximum absolute atomic E-state index is 10.1. The van der Waals surface area contributed by atoms with Crippen LogP contribution in [0.5, 0.6) is 0 Å². The average molecular weight is 493 g/mol. The van der Waals surface area contributed by atoms with Gasteiger partial charge in [0.2, 0.25) is 0 Å². The second kappa shape index (κ2) is 12.6. The molecule has 156 valence electrons. The van der Waals surface area contributed by atoms with Gasteiger partial charge in [-0.25, -0.2) is 0 Å². The van der Waals surface area contributed by atoms with Crippen molar-refractivity contribution in [2.45, 2.75) is 39.7 Å². The minimum absolute atomic E-state index is 0. The van der Waals surface area contributed by atoms with E-state index in [4.69, 9.17) is 4.74 Å². The van der Waals surface area contributed by atoms with Gasteiger partial charge < -0.3 is 20.1 Å². The molecule has 1 fully saturated rings. The highest BCUT2D eigenvalue weighted by Crippen LogP contribution is 2.20. The van der Waals surface area contributed by atoms with Crippen LogP contribution in [0.4, 0.5) is 0 Å². The zero-order valence-electron chi connectivity index (χ0n) is 17.1. The molecular formula is C19H36IN5O2. The van der Waals surface area contributed by atoms with Crippen molar-refractivity contribution in [2.75, 3.05) is 39.4 Å². The lowest BCUT2D eigenvalue weighted by Crippen LogP contribution is -2.41. The first-order valence-corrected chi connectivity index (χ1v) is 9.74. The Bertz CT molecular complexity index is 564. The van der Waals surface area contributed by atoms with Crippen molar-refractivity contribution in [3.63, 3.8) is 0 Å². The van der Waals surface area contributed by atoms with Crippen LogP contribution in [-0.2, 0) is 18.2 Å². The Kier molecular flexibility index (Phi) is 11.2. The molecular weight excluding hydrogens is 457 g/mol. The van der Waals surface area contributed by atoms with Crippen molar-refractivity contribution in [2.24, 2.45) is 23.9 Å². The van der Waals surface area contributed by atoms with Crippen LogP contribution in [0.3, 0.4) is 0 Å². The number of nitrogens with one attached hydrogen (secondary N) is 1. The summed E-state index contributed by atoms with van der Waals surface area (Å²) < 4.78 is 7.36. The third-order valence-corrected chi connectivity index (χ3v) is 4.42. The molecule has 0 amide bonds.